The zero-order valence-corrected chi connectivity index (χ0v) is 19.2. The van der Waals surface area contributed by atoms with Crippen LogP contribution in [0.15, 0.2) is 60.7 Å². The second-order valence-corrected chi connectivity index (χ2v) is 8.62. The van der Waals surface area contributed by atoms with Crippen LogP contribution in [0, 0.1) is 6.92 Å². The number of hydrogen-bond donors (Lipinski definition) is 2. The van der Waals surface area contributed by atoms with E-state index in [-0.39, 0.29) is 0 Å². The van der Waals surface area contributed by atoms with Gasteiger partial charge in [0.15, 0.2) is 0 Å². The summed E-state index contributed by atoms with van der Waals surface area (Å²) < 4.78 is 4.42. The van der Waals surface area contributed by atoms with Crippen LogP contribution >= 0.6 is 0 Å². The molecule has 0 spiro atoms. The smallest absolute Gasteiger partial charge is 0.423 e. The largest absolute Gasteiger partial charge is 0.488 e. The molecule has 2 N–H and O–H groups in total. The van der Waals surface area contributed by atoms with Crippen LogP contribution in [0.3, 0.4) is 0 Å². The van der Waals surface area contributed by atoms with E-state index in [1.165, 1.54) is 0 Å². The summed E-state index contributed by atoms with van der Waals surface area (Å²) in [6.45, 7) is 4.94. The van der Waals surface area contributed by atoms with Crippen molar-refractivity contribution in [3.63, 3.8) is 0 Å². The lowest BCUT2D eigenvalue weighted by atomic mass is 9.80. The van der Waals surface area contributed by atoms with Crippen molar-refractivity contribution in [2.24, 2.45) is 7.05 Å². The van der Waals surface area contributed by atoms with Gasteiger partial charge in [0.1, 0.15) is 11.6 Å². The summed E-state index contributed by atoms with van der Waals surface area (Å²) in [6.07, 6.45) is 1.90. The molecule has 0 saturated heterocycles. The number of fused-ring (bicyclic) bond motifs is 2. The fraction of sp³-hybridized carbons (Fsp3) is 0.231. The predicted octanol–water partition coefficient (Wildman–Crippen LogP) is 3.58. The molecule has 0 bridgehead atoms. The molecule has 5 aromatic rings. The molecule has 0 aliphatic rings. The Hall–Kier alpha value is -3.42. The first-order valence-corrected chi connectivity index (χ1v) is 11.3. The predicted molar refractivity (Wildman–Crippen MR) is 134 cm³/mol. The Morgan fingerprint density at radius 2 is 1.70 bits per heavy atom. The molecule has 3 aromatic carbocycles. The van der Waals surface area contributed by atoms with Gasteiger partial charge < -0.3 is 19.2 Å². The van der Waals surface area contributed by atoms with Gasteiger partial charge in [-0.25, -0.2) is 9.97 Å². The Labute approximate surface area is 193 Å². The minimum Gasteiger partial charge on any atom is -0.423 e. The highest BCUT2D eigenvalue weighted by Gasteiger charge is 2.17. The Morgan fingerprint density at radius 3 is 2.39 bits per heavy atom. The zero-order chi connectivity index (χ0) is 23.1. The van der Waals surface area contributed by atoms with Crippen molar-refractivity contribution in [2.75, 3.05) is 0 Å². The average Bonchev–Trinajstić information content (AvgIpc) is 3.33. The summed E-state index contributed by atoms with van der Waals surface area (Å²) in [7, 11) is 0.600. The third kappa shape index (κ3) is 3.83. The van der Waals surface area contributed by atoms with Crippen LogP contribution < -0.4 is 5.46 Å². The lowest BCUT2D eigenvalue weighted by molar-refractivity contribution is 0.426. The fourth-order valence-corrected chi connectivity index (χ4v) is 4.54. The van der Waals surface area contributed by atoms with Crippen LogP contribution in [-0.2, 0) is 20.0 Å². The topological polar surface area (TPSA) is 76.1 Å². The standard InChI is InChI=1S/C26H27BN4O2/c1-4-7-24-29-25-17(2)14-19(26-28-21-8-5-6-9-22(21)30(26)3)15-23(25)31(24)16-18-10-12-20(13-11-18)27(32)33/h5-6,8-15,32-33H,4,7,16H2,1-3H3. The molecule has 6 nitrogen and oxygen atoms in total. The molecular formula is C26H27BN4O2. The molecule has 2 aromatic heterocycles. The summed E-state index contributed by atoms with van der Waals surface area (Å²) in [5.74, 6) is 2.00. The number of para-hydroxylation sites is 2. The molecule has 7 heteroatoms. The third-order valence-electron chi connectivity index (χ3n) is 6.26. The molecule has 166 valence electrons. The van der Waals surface area contributed by atoms with Gasteiger partial charge in [0.05, 0.1) is 22.1 Å². The minimum absolute atomic E-state index is 0.489. The zero-order valence-electron chi connectivity index (χ0n) is 19.2. The van der Waals surface area contributed by atoms with Crippen molar-refractivity contribution >= 4 is 34.6 Å². The third-order valence-corrected chi connectivity index (χ3v) is 6.26. The van der Waals surface area contributed by atoms with Crippen LogP contribution in [0.1, 0.15) is 30.3 Å². The monoisotopic (exact) mass is 438 g/mol. The number of aromatic nitrogens is 4. The van der Waals surface area contributed by atoms with Gasteiger partial charge in [-0.3, -0.25) is 0 Å². The van der Waals surface area contributed by atoms with E-state index in [1.54, 1.807) is 12.1 Å². The van der Waals surface area contributed by atoms with Gasteiger partial charge in [0.25, 0.3) is 0 Å². The van der Waals surface area contributed by atoms with E-state index >= 15 is 0 Å². The Bertz CT molecular complexity index is 1450. The number of aryl methyl sites for hydroxylation is 3. The van der Waals surface area contributed by atoms with Crippen LogP contribution in [0.25, 0.3) is 33.5 Å². The molecule has 0 saturated carbocycles. The summed E-state index contributed by atoms with van der Waals surface area (Å²) in [5, 5.41) is 18.8. The highest BCUT2D eigenvalue weighted by atomic mass is 16.4. The maximum Gasteiger partial charge on any atom is 0.488 e. The molecule has 0 radical (unpaired) electrons. The van der Waals surface area contributed by atoms with Crippen molar-refractivity contribution in [1.29, 1.82) is 0 Å². The minimum atomic E-state index is -1.46. The van der Waals surface area contributed by atoms with Gasteiger partial charge in [-0.2, -0.15) is 0 Å². The molecule has 0 aliphatic heterocycles. The summed E-state index contributed by atoms with van der Waals surface area (Å²) in [5.41, 5.74) is 7.97. The first kappa shape index (κ1) is 21.4. The molecule has 0 fully saturated rings. The van der Waals surface area contributed by atoms with Gasteiger partial charge in [-0.05, 0) is 54.2 Å². The van der Waals surface area contributed by atoms with Crippen molar-refractivity contribution in [2.45, 2.75) is 33.2 Å². The van der Waals surface area contributed by atoms with Gasteiger partial charge in [-0.1, -0.05) is 43.3 Å². The average molecular weight is 438 g/mol. The van der Waals surface area contributed by atoms with E-state index in [1.807, 2.05) is 30.3 Å². The van der Waals surface area contributed by atoms with E-state index in [0.717, 1.165) is 63.2 Å². The fourth-order valence-electron chi connectivity index (χ4n) is 4.54. The second kappa shape index (κ2) is 8.50. The number of rotatable bonds is 6. The highest BCUT2D eigenvalue weighted by molar-refractivity contribution is 6.58. The number of hydrogen-bond acceptors (Lipinski definition) is 4. The van der Waals surface area contributed by atoms with E-state index in [9.17, 15) is 10.0 Å². The van der Waals surface area contributed by atoms with Gasteiger partial charge in [0, 0.05) is 25.6 Å². The summed E-state index contributed by atoms with van der Waals surface area (Å²) in [4.78, 5) is 9.90. The Kier molecular flexibility index (Phi) is 5.52. The number of imidazole rings is 2. The molecule has 0 unspecified atom stereocenters. The van der Waals surface area contributed by atoms with Crippen molar-refractivity contribution in [3.05, 3.63) is 77.6 Å². The Morgan fingerprint density at radius 1 is 0.939 bits per heavy atom. The van der Waals surface area contributed by atoms with Crippen molar-refractivity contribution in [1.82, 2.24) is 19.1 Å². The maximum atomic E-state index is 9.40. The molecule has 0 aliphatic carbocycles. The lowest BCUT2D eigenvalue weighted by Gasteiger charge is -2.11. The van der Waals surface area contributed by atoms with E-state index in [2.05, 4.69) is 48.2 Å². The van der Waals surface area contributed by atoms with E-state index in [4.69, 9.17) is 9.97 Å². The summed E-state index contributed by atoms with van der Waals surface area (Å²) >= 11 is 0. The van der Waals surface area contributed by atoms with E-state index < -0.39 is 7.12 Å². The normalized spacial score (nSPS) is 11.5. The number of nitrogens with zero attached hydrogens (tertiary/aromatic N) is 4. The molecule has 33 heavy (non-hydrogen) atoms. The quantitative estimate of drug-likeness (QED) is 0.398. The molecular weight excluding hydrogens is 411 g/mol. The van der Waals surface area contributed by atoms with Crippen LogP contribution in [-0.4, -0.2) is 36.3 Å². The molecule has 5 rings (SSSR count). The van der Waals surface area contributed by atoms with Gasteiger partial charge >= 0.3 is 7.12 Å². The highest BCUT2D eigenvalue weighted by Crippen LogP contribution is 2.30. The van der Waals surface area contributed by atoms with Crippen LogP contribution in [0.2, 0.25) is 0 Å². The SMILES string of the molecule is CCCc1nc2c(C)cc(-c3nc4ccccc4n3C)cc2n1Cc1ccc(B(O)O)cc1. The first-order valence-electron chi connectivity index (χ1n) is 11.3. The van der Waals surface area contributed by atoms with Gasteiger partial charge in [0.2, 0.25) is 0 Å². The van der Waals surface area contributed by atoms with Crippen molar-refractivity contribution in [3.8, 4) is 11.4 Å². The van der Waals surface area contributed by atoms with E-state index in [0.29, 0.717) is 12.0 Å². The van der Waals surface area contributed by atoms with Gasteiger partial charge in [-0.15, -0.1) is 0 Å². The second-order valence-electron chi connectivity index (χ2n) is 8.62. The Balaban J connectivity index is 1.65. The molecule has 2 heterocycles. The first-order chi connectivity index (χ1) is 16.0. The van der Waals surface area contributed by atoms with Crippen molar-refractivity contribution < 1.29 is 10.0 Å². The lowest BCUT2D eigenvalue weighted by Crippen LogP contribution is -2.29. The molecule has 0 atom stereocenters. The molecule has 0 amide bonds. The number of benzene rings is 3. The van der Waals surface area contributed by atoms with Crippen LogP contribution in [0.4, 0.5) is 0 Å². The van der Waals surface area contributed by atoms with Crippen LogP contribution in [0.5, 0.6) is 0 Å². The maximum absolute atomic E-state index is 9.40. The summed E-state index contributed by atoms with van der Waals surface area (Å²) in [6, 6.07) is 20.0.